The predicted octanol–water partition coefficient (Wildman–Crippen LogP) is 13.3. The molecule has 276 valence electrons. The molecule has 0 radical (unpaired) electrons. The second-order valence-corrected chi connectivity index (χ2v) is 15.7. The predicted molar refractivity (Wildman–Crippen MR) is 243 cm³/mol. The van der Waals surface area contributed by atoms with Gasteiger partial charge in [0.1, 0.15) is 5.82 Å². The molecule has 0 saturated carbocycles. The number of fused-ring (bicyclic) bond motifs is 7. The quantitative estimate of drug-likeness (QED) is 0.169. The van der Waals surface area contributed by atoms with E-state index in [0.29, 0.717) is 17.5 Å². The van der Waals surface area contributed by atoms with Gasteiger partial charge >= 0.3 is 0 Å². The zero-order valence-corrected chi connectivity index (χ0v) is 32.4. The maximum atomic E-state index is 5.37. The minimum absolute atomic E-state index is 0.632. The summed E-state index contributed by atoms with van der Waals surface area (Å²) in [6.07, 6.45) is 0. The van der Waals surface area contributed by atoms with Crippen molar-refractivity contribution >= 4 is 64.3 Å². The van der Waals surface area contributed by atoms with Gasteiger partial charge in [-0.15, -0.1) is 11.3 Å². The second kappa shape index (κ2) is 13.4. The average molecular weight is 773 g/mol. The van der Waals surface area contributed by atoms with Crippen molar-refractivity contribution in [3.05, 3.63) is 194 Å². The number of rotatable bonds is 6. The van der Waals surface area contributed by atoms with Crippen LogP contribution in [0.2, 0.25) is 0 Å². The number of hydrogen-bond donors (Lipinski definition) is 0. The lowest BCUT2D eigenvalue weighted by atomic mass is 10.0. The molecular weight excluding hydrogens is 741 g/mol. The van der Waals surface area contributed by atoms with E-state index in [0.717, 1.165) is 83.1 Å². The van der Waals surface area contributed by atoms with Crippen LogP contribution in [0.3, 0.4) is 0 Å². The molecule has 0 unspecified atom stereocenters. The molecule has 8 aromatic carbocycles. The van der Waals surface area contributed by atoms with Crippen LogP contribution in [0.15, 0.2) is 194 Å². The van der Waals surface area contributed by atoms with Crippen LogP contribution in [-0.4, -0.2) is 29.1 Å². The molecule has 12 aromatic rings. The molecule has 0 aliphatic carbocycles. The minimum atomic E-state index is 0.632. The number of para-hydroxylation sites is 5. The van der Waals surface area contributed by atoms with Crippen molar-refractivity contribution in [1.82, 2.24) is 29.1 Å². The fourth-order valence-corrected chi connectivity index (χ4v) is 9.77. The van der Waals surface area contributed by atoms with E-state index in [4.69, 9.17) is 19.9 Å². The van der Waals surface area contributed by atoms with Crippen LogP contribution >= 0.6 is 11.3 Å². The molecule has 0 saturated heterocycles. The van der Waals surface area contributed by atoms with Crippen LogP contribution in [0.25, 0.3) is 110 Å². The summed E-state index contributed by atoms with van der Waals surface area (Å²) < 4.78 is 6.93. The van der Waals surface area contributed by atoms with Gasteiger partial charge in [-0.2, -0.15) is 0 Å². The molecule has 59 heavy (non-hydrogen) atoms. The Morgan fingerprint density at radius 3 is 1.71 bits per heavy atom. The van der Waals surface area contributed by atoms with Crippen LogP contribution in [0.5, 0.6) is 0 Å². The van der Waals surface area contributed by atoms with E-state index >= 15 is 0 Å². The van der Waals surface area contributed by atoms with Crippen LogP contribution in [0, 0.1) is 0 Å². The Labute approximate surface area is 343 Å². The molecule has 0 atom stereocenters. The van der Waals surface area contributed by atoms with Gasteiger partial charge in [-0.3, -0.25) is 4.57 Å². The summed E-state index contributed by atoms with van der Waals surface area (Å²) in [5, 5.41) is 4.54. The molecule has 0 bridgehead atoms. The lowest BCUT2D eigenvalue weighted by Crippen LogP contribution is -2.01. The Morgan fingerprint density at radius 2 is 0.949 bits per heavy atom. The van der Waals surface area contributed by atoms with Crippen molar-refractivity contribution in [3.63, 3.8) is 0 Å². The van der Waals surface area contributed by atoms with E-state index in [1.54, 1.807) is 11.3 Å². The highest BCUT2D eigenvalue weighted by molar-refractivity contribution is 7.26. The van der Waals surface area contributed by atoms with E-state index in [-0.39, 0.29) is 0 Å². The molecule has 0 fully saturated rings. The Morgan fingerprint density at radius 1 is 0.356 bits per heavy atom. The molecule has 0 N–H and O–H groups in total. The van der Waals surface area contributed by atoms with E-state index < -0.39 is 0 Å². The second-order valence-electron chi connectivity index (χ2n) is 14.6. The summed E-state index contributed by atoms with van der Waals surface area (Å²) >= 11 is 1.78. The summed E-state index contributed by atoms with van der Waals surface area (Å²) in [5.41, 5.74) is 10.4. The molecule has 7 heteroatoms. The topological polar surface area (TPSA) is 61.4 Å². The van der Waals surface area contributed by atoms with Gasteiger partial charge in [-0.1, -0.05) is 133 Å². The summed E-state index contributed by atoms with van der Waals surface area (Å²) in [6, 6.07) is 67.7. The van der Waals surface area contributed by atoms with E-state index in [2.05, 4.69) is 173 Å². The number of aromatic nitrogens is 6. The monoisotopic (exact) mass is 772 g/mol. The molecule has 0 aliphatic rings. The van der Waals surface area contributed by atoms with Crippen molar-refractivity contribution in [3.8, 4) is 56.9 Å². The number of thiophene rings is 1. The molecule has 4 aromatic heterocycles. The highest BCUT2D eigenvalue weighted by Gasteiger charge is 2.22. The maximum Gasteiger partial charge on any atom is 0.164 e. The molecule has 6 nitrogen and oxygen atoms in total. The average Bonchev–Trinajstić information content (AvgIpc) is 3.99. The zero-order valence-electron chi connectivity index (χ0n) is 31.6. The van der Waals surface area contributed by atoms with Gasteiger partial charge in [0.2, 0.25) is 0 Å². The number of nitrogens with zero attached hydrogens (tertiary/aromatic N) is 6. The Balaban J connectivity index is 1.07. The third kappa shape index (κ3) is 5.40. The molecule has 0 aliphatic heterocycles. The Bertz CT molecular complexity index is 3550. The number of hydrogen-bond acceptors (Lipinski definition) is 5. The lowest BCUT2D eigenvalue weighted by Gasteiger charge is -2.11. The largest absolute Gasteiger partial charge is 0.309 e. The first-order valence-corrected chi connectivity index (χ1v) is 20.5. The summed E-state index contributed by atoms with van der Waals surface area (Å²) in [6.45, 7) is 0. The fraction of sp³-hybridized carbons (Fsp3) is 0. The van der Waals surface area contributed by atoms with E-state index in [9.17, 15) is 0 Å². The molecule has 12 rings (SSSR count). The van der Waals surface area contributed by atoms with Crippen LogP contribution < -0.4 is 0 Å². The highest BCUT2D eigenvalue weighted by atomic mass is 32.1. The standard InChI is InChI=1S/C52H32N6S/c1-4-16-33(17-5-1)49-54-50(39-23-14-28-44-47(39)37-22-10-12-26-42(37)57(44)35-18-6-2-7-19-35)56-51(55-49)40-24-15-29-45-48(40)38-31-30-34(32-46(38)59-45)52-53-41-25-11-13-27-43(41)58(52)36-20-8-3-9-21-36/h1-32H. The van der Waals surface area contributed by atoms with Gasteiger partial charge in [0.25, 0.3) is 0 Å². The van der Waals surface area contributed by atoms with Gasteiger partial charge in [-0.05, 0) is 60.7 Å². The van der Waals surface area contributed by atoms with Crippen molar-refractivity contribution in [2.45, 2.75) is 0 Å². The fourth-order valence-electron chi connectivity index (χ4n) is 8.60. The number of imidazole rings is 1. The van der Waals surface area contributed by atoms with Crippen molar-refractivity contribution < 1.29 is 0 Å². The zero-order chi connectivity index (χ0) is 38.9. The first-order valence-electron chi connectivity index (χ1n) is 19.7. The van der Waals surface area contributed by atoms with Gasteiger partial charge in [0.05, 0.1) is 22.1 Å². The SMILES string of the molecule is c1ccc(-c2nc(-c3cccc4sc5cc(-c6nc7ccccc7n6-c6ccccc6)ccc5c34)nc(-c3cccc4c3c3ccccc3n4-c3ccccc3)n2)cc1. The molecule has 0 spiro atoms. The Hall–Kier alpha value is -7.74. The van der Waals surface area contributed by atoms with Crippen molar-refractivity contribution in [2.75, 3.05) is 0 Å². The van der Waals surface area contributed by atoms with Crippen molar-refractivity contribution in [2.24, 2.45) is 0 Å². The lowest BCUT2D eigenvalue weighted by molar-refractivity contribution is 1.08. The maximum absolute atomic E-state index is 5.37. The molecule has 4 heterocycles. The summed E-state index contributed by atoms with van der Waals surface area (Å²) in [7, 11) is 0. The van der Waals surface area contributed by atoms with Gasteiger partial charge in [-0.25, -0.2) is 19.9 Å². The van der Waals surface area contributed by atoms with E-state index in [1.165, 1.54) is 9.40 Å². The van der Waals surface area contributed by atoms with Crippen LogP contribution in [-0.2, 0) is 0 Å². The number of benzene rings is 8. The smallest absolute Gasteiger partial charge is 0.164 e. The summed E-state index contributed by atoms with van der Waals surface area (Å²) in [5.74, 6) is 2.81. The third-order valence-corrected chi connectivity index (χ3v) is 12.3. The van der Waals surface area contributed by atoms with Gasteiger partial charge in [0, 0.05) is 64.6 Å². The third-order valence-electron chi connectivity index (χ3n) is 11.2. The van der Waals surface area contributed by atoms with Crippen LogP contribution in [0.1, 0.15) is 0 Å². The Kier molecular flexibility index (Phi) is 7.61. The van der Waals surface area contributed by atoms with E-state index in [1.807, 2.05) is 30.3 Å². The molecular formula is C52H32N6S. The minimum Gasteiger partial charge on any atom is -0.309 e. The first-order chi connectivity index (χ1) is 29.3. The van der Waals surface area contributed by atoms with Gasteiger partial charge < -0.3 is 4.57 Å². The van der Waals surface area contributed by atoms with Crippen molar-refractivity contribution in [1.29, 1.82) is 0 Å². The van der Waals surface area contributed by atoms with Gasteiger partial charge in [0.15, 0.2) is 17.5 Å². The molecule has 0 amide bonds. The normalized spacial score (nSPS) is 11.7. The van der Waals surface area contributed by atoms with Crippen LogP contribution in [0.4, 0.5) is 0 Å². The highest BCUT2D eigenvalue weighted by Crippen LogP contribution is 2.43. The first kappa shape index (κ1) is 33.4. The summed E-state index contributed by atoms with van der Waals surface area (Å²) in [4.78, 5) is 21.0.